The number of fused-ring (bicyclic) bond motifs is 2. The smallest absolute Gasteiger partial charge is 0.242 e. The Kier molecular flexibility index (Phi) is 4.58. The van der Waals surface area contributed by atoms with Gasteiger partial charge in [-0.3, -0.25) is 14.5 Å². The molecule has 4 heterocycles. The lowest BCUT2D eigenvalue weighted by atomic mass is 10.1. The summed E-state index contributed by atoms with van der Waals surface area (Å²) in [6, 6.07) is 10.2. The third-order valence-corrected chi connectivity index (χ3v) is 6.20. The number of piperazine rings is 1. The number of anilines is 1. The van der Waals surface area contributed by atoms with Crippen LogP contribution in [0, 0.1) is 0 Å². The first kappa shape index (κ1) is 18.9. The van der Waals surface area contributed by atoms with E-state index in [2.05, 4.69) is 34.8 Å². The molecule has 0 radical (unpaired) electrons. The summed E-state index contributed by atoms with van der Waals surface area (Å²) in [6.07, 6.45) is 2.43. The number of para-hydroxylation sites is 1. The fourth-order valence-electron chi connectivity index (χ4n) is 4.39. The first-order valence-corrected chi connectivity index (χ1v) is 10.4. The van der Waals surface area contributed by atoms with Crippen LogP contribution in [0.4, 0.5) is 5.82 Å². The fourth-order valence-corrected chi connectivity index (χ4v) is 4.39. The minimum Gasteiger partial charge on any atom is -0.350 e. The molecule has 0 aliphatic carbocycles. The monoisotopic (exact) mass is 406 g/mol. The van der Waals surface area contributed by atoms with E-state index in [1.165, 1.54) is 0 Å². The number of hydrogen-bond acceptors (Lipinski definition) is 4. The minimum atomic E-state index is -0.0191. The van der Waals surface area contributed by atoms with Crippen LogP contribution in [-0.2, 0) is 23.2 Å². The van der Waals surface area contributed by atoms with Crippen molar-refractivity contribution in [2.75, 3.05) is 44.7 Å². The van der Waals surface area contributed by atoms with Crippen LogP contribution in [0.3, 0.4) is 0 Å². The SMILES string of the molecule is CN1CCN(C(=O)CN2C(=O)CCn3nc(-c4cn(C)c5ccccc45)cc32)CC1. The van der Waals surface area contributed by atoms with Crippen molar-refractivity contribution in [2.45, 2.75) is 13.0 Å². The zero-order chi connectivity index (χ0) is 20.8. The maximum Gasteiger partial charge on any atom is 0.242 e. The number of rotatable bonds is 3. The van der Waals surface area contributed by atoms with Crippen LogP contribution in [0.1, 0.15) is 6.42 Å². The standard InChI is InChI=1S/C22H26N6O2/c1-24-9-11-26(12-10-24)22(30)15-27-20-13-18(23-28(20)8-7-21(27)29)17-14-25(2)19-6-4-3-5-16(17)19/h3-6,13-14H,7-12,15H2,1-2H3. The molecule has 0 N–H and O–H groups in total. The minimum absolute atomic E-state index is 0.00203. The molecule has 0 saturated carbocycles. The van der Waals surface area contributed by atoms with Crippen LogP contribution in [0.5, 0.6) is 0 Å². The summed E-state index contributed by atoms with van der Waals surface area (Å²) in [5, 5.41) is 5.90. The quantitative estimate of drug-likeness (QED) is 0.662. The summed E-state index contributed by atoms with van der Waals surface area (Å²) < 4.78 is 3.94. The number of benzene rings is 1. The van der Waals surface area contributed by atoms with Crippen molar-refractivity contribution >= 4 is 28.5 Å². The van der Waals surface area contributed by atoms with Gasteiger partial charge in [0.2, 0.25) is 11.8 Å². The lowest BCUT2D eigenvalue weighted by molar-refractivity contribution is -0.133. The van der Waals surface area contributed by atoms with Gasteiger partial charge in [0.25, 0.3) is 0 Å². The second-order valence-corrected chi connectivity index (χ2v) is 8.20. The first-order chi connectivity index (χ1) is 14.5. The molecule has 2 aromatic heterocycles. The number of hydrogen-bond donors (Lipinski definition) is 0. The molecule has 156 valence electrons. The summed E-state index contributed by atoms with van der Waals surface area (Å²) in [5.41, 5.74) is 3.00. The van der Waals surface area contributed by atoms with E-state index in [4.69, 9.17) is 5.10 Å². The van der Waals surface area contributed by atoms with Crippen molar-refractivity contribution in [3.05, 3.63) is 36.5 Å². The summed E-state index contributed by atoms with van der Waals surface area (Å²) in [6.45, 7) is 3.75. The van der Waals surface area contributed by atoms with Gasteiger partial charge in [0.1, 0.15) is 12.4 Å². The molecule has 1 saturated heterocycles. The van der Waals surface area contributed by atoms with Crippen molar-refractivity contribution in [3.63, 3.8) is 0 Å². The highest BCUT2D eigenvalue weighted by molar-refractivity contribution is 6.00. The van der Waals surface area contributed by atoms with Crippen molar-refractivity contribution in [2.24, 2.45) is 7.05 Å². The molecule has 2 amide bonds. The molecule has 3 aromatic rings. The maximum absolute atomic E-state index is 12.9. The van der Waals surface area contributed by atoms with Gasteiger partial charge in [0, 0.05) is 68.4 Å². The molecule has 2 aliphatic heterocycles. The Balaban J connectivity index is 1.45. The Hall–Kier alpha value is -3.13. The van der Waals surface area contributed by atoms with Gasteiger partial charge in [-0.1, -0.05) is 18.2 Å². The van der Waals surface area contributed by atoms with Gasteiger partial charge in [-0.05, 0) is 13.1 Å². The number of aromatic nitrogens is 3. The molecule has 0 atom stereocenters. The topological polar surface area (TPSA) is 66.6 Å². The highest BCUT2D eigenvalue weighted by Gasteiger charge is 2.30. The second kappa shape index (κ2) is 7.28. The molecule has 8 nitrogen and oxygen atoms in total. The zero-order valence-corrected chi connectivity index (χ0v) is 17.4. The van der Waals surface area contributed by atoms with Gasteiger partial charge in [0.15, 0.2) is 0 Å². The van der Waals surface area contributed by atoms with Crippen LogP contribution in [-0.4, -0.2) is 75.7 Å². The van der Waals surface area contributed by atoms with Crippen molar-refractivity contribution in [1.82, 2.24) is 24.1 Å². The molecule has 0 bridgehead atoms. The summed E-state index contributed by atoms with van der Waals surface area (Å²) in [5.74, 6) is 0.684. The molecule has 5 rings (SSSR count). The molecule has 1 fully saturated rings. The fraction of sp³-hybridized carbons (Fsp3) is 0.409. The zero-order valence-electron chi connectivity index (χ0n) is 17.4. The van der Waals surface area contributed by atoms with E-state index in [-0.39, 0.29) is 18.4 Å². The predicted molar refractivity (Wildman–Crippen MR) is 115 cm³/mol. The van der Waals surface area contributed by atoms with E-state index in [0.717, 1.165) is 35.2 Å². The number of amides is 2. The van der Waals surface area contributed by atoms with Crippen LogP contribution >= 0.6 is 0 Å². The Morgan fingerprint density at radius 2 is 1.83 bits per heavy atom. The Labute approximate surface area is 175 Å². The average molecular weight is 406 g/mol. The molecule has 8 heteroatoms. The molecule has 0 unspecified atom stereocenters. The van der Waals surface area contributed by atoms with E-state index in [1.807, 2.05) is 34.8 Å². The predicted octanol–water partition coefficient (Wildman–Crippen LogP) is 1.55. The number of carbonyl (C=O) groups excluding carboxylic acids is 2. The Bertz CT molecular complexity index is 1120. The van der Waals surface area contributed by atoms with E-state index >= 15 is 0 Å². The Morgan fingerprint density at radius 3 is 2.63 bits per heavy atom. The van der Waals surface area contributed by atoms with Crippen LogP contribution in [0.15, 0.2) is 36.5 Å². The van der Waals surface area contributed by atoms with Crippen molar-refractivity contribution in [1.29, 1.82) is 0 Å². The van der Waals surface area contributed by atoms with Crippen LogP contribution in [0.25, 0.3) is 22.2 Å². The lowest BCUT2D eigenvalue weighted by Gasteiger charge is -2.34. The third kappa shape index (κ3) is 3.17. The van der Waals surface area contributed by atoms with Crippen molar-refractivity contribution in [3.8, 4) is 11.3 Å². The van der Waals surface area contributed by atoms with Gasteiger partial charge >= 0.3 is 0 Å². The third-order valence-electron chi connectivity index (χ3n) is 6.20. The van der Waals surface area contributed by atoms with Gasteiger partial charge in [0.05, 0.1) is 12.2 Å². The molecule has 30 heavy (non-hydrogen) atoms. The molecular formula is C22H26N6O2. The van der Waals surface area contributed by atoms with E-state index in [9.17, 15) is 9.59 Å². The summed E-state index contributed by atoms with van der Waals surface area (Å²) >= 11 is 0. The first-order valence-electron chi connectivity index (χ1n) is 10.4. The van der Waals surface area contributed by atoms with Gasteiger partial charge in [-0.15, -0.1) is 0 Å². The molecule has 0 spiro atoms. The molecule has 2 aliphatic rings. The largest absolute Gasteiger partial charge is 0.350 e. The highest BCUT2D eigenvalue weighted by Crippen LogP contribution is 2.33. The van der Waals surface area contributed by atoms with E-state index in [1.54, 1.807) is 4.90 Å². The second-order valence-electron chi connectivity index (χ2n) is 8.20. The Morgan fingerprint density at radius 1 is 1.07 bits per heavy atom. The van der Waals surface area contributed by atoms with Gasteiger partial charge in [-0.2, -0.15) is 5.10 Å². The highest BCUT2D eigenvalue weighted by atomic mass is 16.2. The number of likely N-dealkylation sites (N-methyl/N-ethyl adjacent to an activating group) is 1. The van der Waals surface area contributed by atoms with Crippen LogP contribution < -0.4 is 4.90 Å². The van der Waals surface area contributed by atoms with E-state index < -0.39 is 0 Å². The normalized spacial score (nSPS) is 17.6. The molecular weight excluding hydrogens is 380 g/mol. The van der Waals surface area contributed by atoms with Crippen LogP contribution in [0.2, 0.25) is 0 Å². The molecule has 1 aromatic carbocycles. The lowest BCUT2D eigenvalue weighted by Crippen LogP contribution is -2.51. The van der Waals surface area contributed by atoms with E-state index in [0.29, 0.717) is 31.9 Å². The number of nitrogens with zero attached hydrogens (tertiary/aromatic N) is 6. The number of carbonyl (C=O) groups is 2. The maximum atomic E-state index is 12.9. The van der Waals surface area contributed by atoms with Crippen molar-refractivity contribution < 1.29 is 9.59 Å². The summed E-state index contributed by atoms with van der Waals surface area (Å²) in [4.78, 5) is 31.2. The van der Waals surface area contributed by atoms with Gasteiger partial charge < -0.3 is 14.4 Å². The van der Waals surface area contributed by atoms with Gasteiger partial charge in [-0.25, -0.2) is 4.68 Å². The average Bonchev–Trinajstić information content (AvgIpc) is 3.32. The summed E-state index contributed by atoms with van der Waals surface area (Å²) in [7, 11) is 4.08. The number of aryl methyl sites for hydroxylation is 2.